The third-order valence-corrected chi connectivity index (χ3v) is 2.84. The normalized spacial score (nSPS) is 14.6. The first-order chi connectivity index (χ1) is 8.63. The summed E-state index contributed by atoms with van der Waals surface area (Å²) >= 11 is 0. The van der Waals surface area contributed by atoms with E-state index in [0.717, 1.165) is 25.1 Å². The summed E-state index contributed by atoms with van der Waals surface area (Å²) in [6.45, 7) is 5.10. The van der Waals surface area contributed by atoms with Gasteiger partial charge >= 0.3 is 6.03 Å². The summed E-state index contributed by atoms with van der Waals surface area (Å²) in [5, 5.41) is 9.09. The molecule has 0 bridgehead atoms. The summed E-state index contributed by atoms with van der Waals surface area (Å²) < 4.78 is 0. The van der Waals surface area contributed by atoms with Gasteiger partial charge in [0.05, 0.1) is 0 Å². The molecule has 1 fully saturated rings. The van der Waals surface area contributed by atoms with Crippen LogP contribution in [0.1, 0.15) is 32.3 Å². The molecule has 98 valence electrons. The van der Waals surface area contributed by atoms with Crippen molar-refractivity contribution < 1.29 is 4.79 Å². The van der Waals surface area contributed by atoms with Gasteiger partial charge in [0.15, 0.2) is 0 Å². The molecule has 0 unspecified atom stereocenters. The van der Waals surface area contributed by atoms with Crippen molar-refractivity contribution in [3.05, 3.63) is 29.8 Å². The van der Waals surface area contributed by atoms with Crippen LogP contribution in [0, 0.1) is 0 Å². The Morgan fingerprint density at radius 2 is 1.94 bits per heavy atom. The molecule has 1 aliphatic rings. The van der Waals surface area contributed by atoms with Gasteiger partial charge in [-0.25, -0.2) is 4.79 Å². The van der Waals surface area contributed by atoms with Crippen LogP contribution in [0.25, 0.3) is 0 Å². The van der Waals surface area contributed by atoms with Crippen molar-refractivity contribution in [2.75, 3.05) is 5.32 Å². The summed E-state index contributed by atoms with van der Waals surface area (Å²) in [5.41, 5.74) is 2.05. The maximum absolute atomic E-state index is 11.5. The van der Waals surface area contributed by atoms with E-state index in [1.807, 2.05) is 24.3 Å². The summed E-state index contributed by atoms with van der Waals surface area (Å²) in [6.07, 6.45) is 2.21. The Morgan fingerprint density at radius 1 is 1.28 bits per heavy atom. The number of urea groups is 1. The number of anilines is 1. The fraction of sp³-hybridized carbons (Fsp3) is 0.500. The lowest BCUT2D eigenvalue weighted by Gasteiger charge is -2.09. The van der Waals surface area contributed by atoms with Crippen LogP contribution in [0.3, 0.4) is 0 Å². The Bertz CT molecular complexity index is 396. The molecule has 2 rings (SSSR count). The number of benzene rings is 1. The highest BCUT2D eigenvalue weighted by molar-refractivity contribution is 5.89. The second kappa shape index (κ2) is 5.87. The maximum Gasteiger partial charge on any atom is 0.319 e. The van der Waals surface area contributed by atoms with Gasteiger partial charge in [0.1, 0.15) is 0 Å². The largest absolute Gasteiger partial charge is 0.335 e. The molecular weight excluding hydrogens is 226 g/mol. The van der Waals surface area contributed by atoms with Crippen molar-refractivity contribution in [3.63, 3.8) is 0 Å². The van der Waals surface area contributed by atoms with Crippen molar-refractivity contribution in [1.82, 2.24) is 10.6 Å². The van der Waals surface area contributed by atoms with E-state index < -0.39 is 0 Å². The monoisotopic (exact) mass is 247 g/mol. The van der Waals surface area contributed by atoms with E-state index in [4.69, 9.17) is 0 Å². The van der Waals surface area contributed by atoms with Crippen molar-refractivity contribution in [1.29, 1.82) is 0 Å². The molecule has 4 nitrogen and oxygen atoms in total. The van der Waals surface area contributed by atoms with E-state index in [0.29, 0.717) is 12.1 Å². The fourth-order valence-corrected chi connectivity index (χ4v) is 1.61. The highest BCUT2D eigenvalue weighted by Crippen LogP contribution is 2.18. The van der Waals surface area contributed by atoms with Gasteiger partial charge in [-0.15, -0.1) is 0 Å². The van der Waals surface area contributed by atoms with Gasteiger partial charge in [-0.3, -0.25) is 0 Å². The SMILES string of the molecule is CC(C)NCc1ccc(NC(=O)NC2CC2)cc1. The van der Waals surface area contributed by atoms with E-state index >= 15 is 0 Å². The van der Waals surface area contributed by atoms with Crippen LogP contribution in [0.4, 0.5) is 10.5 Å². The van der Waals surface area contributed by atoms with Gasteiger partial charge in [0, 0.05) is 24.3 Å². The fourth-order valence-electron chi connectivity index (χ4n) is 1.61. The van der Waals surface area contributed by atoms with Crippen molar-refractivity contribution in [3.8, 4) is 0 Å². The smallest absolute Gasteiger partial charge is 0.319 e. The van der Waals surface area contributed by atoms with E-state index in [2.05, 4.69) is 29.8 Å². The Labute approximate surface area is 108 Å². The van der Waals surface area contributed by atoms with Crippen molar-refractivity contribution in [2.24, 2.45) is 0 Å². The zero-order chi connectivity index (χ0) is 13.0. The van der Waals surface area contributed by atoms with E-state index in [1.54, 1.807) is 0 Å². The van der Waals surface area contributed by atoms with Crippen LogP contribution in [0.2, 0.25) is 0 Å². The number of hydrogen-bond acceptors (Lipinski definition) is 2. The van der Waals surface area contributed by atoms with E-state index in [9.17, 15) is 4.79 Å². The number of rotatable bonds is 5. The van der Waals surface area contributed by atoms with Gasteiger partial charge < -0.3 is 16.0 Å². The van der Waals surface area contributed by atoms with Gasteiger partial charge in [-0.1, -0.05) is 26.0 Å². The molecule has 0 aliphatic heterocycles. The molecule has 0 aromatic heterocycles. The second-order valence-corrected chi connectivity index (χ2v) is 5.11. The lowest BCUT2D eigenvalue weighted by atomic mass is 10.2. The van der Waals surface area contributed by atoms with Gasteiger partial charge in [-0.05, 0) is 30.5 Å². The molecule has 3 N–H and O–H groups in total. The van der Waals surface area contributed by atoms with Gasteiger partial charge in [0.2, 0.25) is 0 Å². The maximum atomic E-state index is 11.5. The first-order valence-corrected chi connectivity index (χ1v) is 6.53. The average molecular weight is 247 g/mol. The zero-order valence-electron chi connectivity index (χ0n) is 11.0. The van der Waals surface area contributed by atoms with Crippen molar-refractivity contribution >= 4 is 11.7 Å². The number of carbonyl (C=O) groups excluding carboxylic acids is 1. The van der Waals surface area contributed by atoms with Crippen LogP contribution in [-0.4, -0.2) is 18.1 Å². The number of amides is 2. The molecule has 2 amide bonds. The molecule has 1 aliphatic carbocycles. The Hall–Kier alpha value is -1.55. The lowest BCUT2D eigenvalue weighted by Crippen LogP contribution is -2.30. The standard InChI is InChI=1S/C14H21N3O/c1-10(2)15-9-11-3-5-12(6-4-11)16-14(18)17-13-7-8-13/h3-6,10,13,15H,7-9H2,1-2H3,(H2,16,17,18). The number of nitrogens with one attached hydrogen (secondary N) is 3. The van der Waals surface area contributed by atoms with Crippen molar-refractivity contribution in [2.45, 2.75) is 45.3 Å². The third kappa shape index (κ3) is 4.37. The van der Waals surface area contributed by atoms with Crippen LogP contribution in [-0.2, 0) is 6.54 Å². The molecule has 0 spiro atoms. The molecule has 1 aromatic carbocycles. The Morgan fingerprint density at radius 3 is 2.50 bits per heavy atom. The van der Waals surface area contributed by atoms with Crippen LogP contribution >= 0.6 is 0 Å². The first kappa shape index (κ1) is 12.9. The number of carbonyl (C=O) groups is 1. The molecule has 18 heavy (non-hydrogen) atoms. The molecule has 0 saturated heterocycles. The van der Waals surface area contributed by atoms with Gasteiger partial charge in [-0.2, -0.15) is 0 Å². The summed E-state index contributed by atoms with van der Waals surface area (Å²) in [5.74, 6) is 0. The Kier molecular flexibility index (Phi) is 4.20. The predicted octanol–water partition coefficient (Wildman–Crippen LogP) is 2.47. The quantitative estimate of drug-likeness (QED) is 0.748. The van der Waals surface area contributed by atoms with Crippen LogP contribution in [0.5, 0.6) is 0 Å². The molecule has 1 saturated carbocycles. The minimum Gasteiger partial charge on any atom is -0.335 e. The lowest BCUT2D eigenvalue weighted by molar-refractivity contribution is 0.251. The van der Waals surface area contributed by atoms with Crippen LogP contribution in [0.15, 0.2) is 24.3 Å². The topological polar surface area (TPSA) is 53.2 Å². The predicted molar refractivity (Wildman–Crippen MR) is 73.6 cm³/mol. The highest BCUT2D eigenvalue weighted by Gasteiger charge is 2.23. The van der Waals surface area contributed by atoms with E-state index in [-0.39, 0.29) is 6.03 Å². The number of hydrogen-bond donors (Lipinski definition) is 3. The zero-order valence-corrected chi connectivity index (χ0v) is 11.0. The summed E-state index contributed by atoms with van der Waals surface area (Å²) in [6, 6.07) is 8.69. The molecule has 4 heteroatoms. The van der Waals surface area contributed by atoms with Crippen LogP contribution < -0.4 is 16.0 Å². The van der Waals surface area contributed by atoms with Gasteiger partial charge in [0.25, 0.3) is 0 Å². The minimum atomic E-state index is -0.106. The Balaban J connectivity index is 1.80. The minimum absolute atomic E-state index is 0.106. The second-order valence-electron chi connectivity index (χ2n) is 5.11. The van der Waals surface area contributed by atoms with E-state index in [1.165, 1.54) is 5.56 Å². The molecule has 1 aromatic rings. The summed E-state index contributed by atoms with van der Waals surface area (Å²) in [4.78, 5) is 11.5. The summed E-state index contributed by atoms with van der Waals surface area (Å²) in [7, 11) is 0. The average Bonchev–Trinajstić information content (AvgIpc) is 3.12. The third-order valence-electron chi connectivity index (χ3n) is 2.84. The molecular formula is C14H21N3O. The first-order valence-electron chi connectivity index (χ1n) is 6.53. The molecule has 0 atom stereocenters. The molecule has 0 heterocycles. The highest BCUT2D eigenvalue weighted by atomic mass is 16.2. The molecule has 0 radical (unpaired) electrons.